The molecule has 2 rings (SSSR count). The van der Waals surface area contributed by atoms with Crippen molar-refractivity contribution in [2.75, 3.05) is 20.3 Å². The van der Waals surface area contributed by atoms with Crippen molar-refractivity contribution in [3.8, 4) is 0 Å². The van der Waals surface area contributed by atoms with Crippen LogP contribution in [0.3, 0.4) is 0 Å². The molecule has 0 aromatic rings. The van der Waals surface area contributed by atoms with Crippen LogP contribution in [-0.2, 0) is 9.53 Å². The van der Waals surface area contributed by atoms with Crippen LogP contribution in [0.4, 0.5) is 4.79 Å². The Morgan fingerprint density at radius 1 is 1.29 bits per heavy atom. The quantitative estimate of drug-likeness (QED) is 0.668. The minimum absolute atomic E-state index is 0.201. The van der Waals surface area contributed by atoms with Crippen LogP contribution in [0.25, 0.3) is 0 Å². The van der Waals surface area contributed by atoms with Gasteiger partial charge in [0.2, 0.25) is 0 Å². The molecule has 0 aliphatic heterocycles. The van der Waals surface area contributed by atoms with Crippen LogP contribution in [0.1, 0.15) is 44.9 Å². The molecule has 0 spiro atoms. The van der Waals surface area contributed by atoms with Crippen molar-refractivity contribution in [2.45, 2.75) is 51.0 Å². The van der Waals surface area contributed by atoms with Gasteiger partial charge in [0, 0.05) is 26.3 Å². The molecule has 0 aromatic heterocycles. The molecule has 0 bridgehead atoms. The first-order valence-electron chi connectivity index (χ1n) is 7.82. The lowest BCUT2D eigenvalue weighted by molar-refractivity contribution is -0.143. The fraction of sp³-hybridized carbons (Fsp3) is 0.867. The third kappa shape index (κ3) is 4.59. The fourth-order valence-electron chi connectivity index (χ4n) is 3.10. The maximum atomic E-state index is 12.0. The average Bonchev–Trinajstić information content (AvgIpc) is 3.24. The molecular weight excluding hydrogens is 272 g/mol. The van der Waals surface area contributed by atoms with Gasteiger partial charge in [0.05, 0.1) is 5.92 Å². The smallest absolute Gasteiger partial charge is 0.315 e. The molecule has 0 saturated heterocycles. The number of hydrogen-bond donors (Lipinski definition) is 3. The summed E-state index contributed by atoms with van der Waals surface area (Å²) in [7, 11) is 1.69. The largest absolute Gasteiger partial charge is 0.481 e. The standard InChI is InChI=1S/C15H26N2O4/c1-21-9-8-15(6-7-15)10-16-14(20)17-12-5-3-2-4-11(12)13(18)19/h11-12H,2-10H2,1H3,(H,18,19)(H2,16,17,20). The molecule has 0 radical (unpaired) electrons. The van der Waals surface area contributed by atoms with E-state index >= 15 is 0 Å². The number of aliphatic carboxylic acids is 1. The number of urea groups is 1. The highest BCUT2D eigenvalue weighted by Gasteiger charge is 2.42. The molecule has 2 aliphatic carbocycles. The van der Waals surface area contributed by atoms with Crippen LogP contribution >= 0.6 is 0 Å². The minimum atomic E-state index is -0.807. The topological polar surface area (TPSA) is 87.7 Å². The number of hydrogen-bond acceptors (Lipinski definition) is 3. The maximum Gasteiger partial charge on any atom is 0.315 e. The Kier molecular flexibility index (Phi) is 5.45. The minimum Gasteiger partial charge on any atom is -0.481 e. The molecule has 2 fully saturated rings. The number of rotatable bonds is 7. The molecule has 6 nitrogen and oxygen atoms in total. The molecule has 2 unspecified atom stereocenters. The lowest BCUT2D eigenvalue weighted by Gasteiger charge is -2.29. The Bertz CT molecular complexity index is 382. The van der Waals surface area contributed by atoms with E-state index in [0.717, 1.165) is 38.5 Å². The zero-order chi connectivity index (χ0) is 15.3. The normalized spacial score (nSPS) is 26.9. The van der Waals surface area contributed by atoms with Crippen LogP contribution in [0.15, 0.2) is 0 Å². The lowest BCUT2D eigenvalue weighted by atomic mass is 9.84. The van der Waals surface area contributed by atoms with Crippen LogP contribution < -0.4 is 10.6 Å². The third-order valence-electron chi connectivity index (χ3n) is 4.82. The molecule has 21 heavy (non-hydrogen) atoms. The summed E-state index contributed by atoms with van der Waals surface area (Å²) in [5, 5.41) is 14.9. The number of carboxylic acids is 1. The van der Waals surface area contributed by atoms with Crippen LogP contribution in [0, 0.1) is 11.3 Å². The maximum absolute atomic E-state index is 12.0. The van der Waals surface area contributed by atoms with Crippen molar-refractivity contribution < 1.29 is 19.4 Å². The zero-order valence-corrected chi connectivity index (χ0v) is 12.7. The number of amides is 2. The van der Waals surface area contributed by atoms with Gasteiger partial charge in [-0.1, -0.05) is 12.8 Å². The van der Waals surface area contributed by atoms with Crippen molar-refractivity contribution in [1.82, 2.24) is 10.6 Å². The lowest BCUT2D eigenvalue weighted by Crippen LogP contribution is -2.49. The summed E-state index contributed by atoms with van der Waals surface area (Å²) >= 11 is 0. The van der Waals surface area contributed by atoms with E-state index in [4.69, 9.17) is 4.74 Å². The number of methoxy groups -OCH3 is 1. The van der Waals surface area contributed by atoms with E-state index in [1.165, 1.54) is 0 Å². The van der Waals surface area contributed by atoms with Gasteiger partial charge in [0.15, 0.2) is 0 Å². The van der Waals surface area contributed by atoms with Gasteiger partial charge in [0.25, 0.3) is 0 Å². The molecule has 0 aromatic carbocycles. The van der Waals surface area contributed by atoms with E-state index in [0.29, 0.717) is 19.6 Å². The predicted molar refractivity (Wildman–Crippen MR) is 78.1 cm³/mol. The fourth-order valence-corrected chi connectivity index (χ4v) is 3.10. The molecule has 2 saturated carbocycles. The first-order chi connectivity index (χ1) is 10.1. The van der Waals surface area contributed by atoms with Crippen molar-refractivity contribution in [3.05, 3.63) is 0 Å². The van der Waals surface area contributed by atoms with Gasteiger partial charge < -0.3 is 20.5 Å². The van der Waals surface area contributed by atoms with Crippen molar-refractivity contribution in [2.24, 2.45) is 11.3 Å². The second kappa shape index (κ2) is 7.11. The predicted octanol–water partition coefficient (Wildman–Crippen LogP) is 1.75. The van der Waals surface area contributed by atoms with E-state index in [9.17, 15) is 14.7 Å². The average molecular weight is 298 g/mol. The Balaban J connectivity index is 1.74. The molecule has 2 aliphatic rings. The van der Waals surface area contributed by atoms with Gasteiger partial charge in [-0.2, -0.15) is 0 Å². The molecular formula is C15H26N2O4. The van der Waals surface area contributed by atoms with Crippen molar-refractivity contribution in [1.29, 1.82) is 0 Å². The summed E-state index contributed by atoms with van der Waals surface area (Å²) < 4.78 is 5.09. The number of carbonyl (C=O) groups is 2. The molecule has 0 heterocycles. The zero-order valence-electron chi connectivity index (χ0n) is 12.7. The SMILES string of the molecule is COCCC1(CNC(=O)NC2CCCCC2C(=O)O)CC1. The van der Waals surface area contributed by atoms with E-state index in [2.05, 4.69) is 10.6 Å². The monoisotopic (exact) mass is 298 g/mol. The van der Waals surface area contributed by atoms with Gasteiger partial charge in [0.1, 0.15) is 0 Å². The van der Waals surface area contributed by atoms with Crippen LogP contribution in [-0.4, -0.2) is 43.4 Å². The second-order valence-corrected chi connectivity index (χ2v) is 6.41. The molecule has 3 N–H and O–H groups in total. The summed E-state index contributed by atoms with van der Waals surface area (Å²) in [5.74, 6) is -1.26. The van der Waals surface area contributed by atoms with Gasteiger partial charge in [-0.3, -0.25) is 4.79 Å². The Morgan fingerprint density at radius 2 is 2.00 bits per heavy atom. The van der Waals surface area contributed by atoms with Crippen molar-refractivity contribution >= 4 is 12.0 Å². The highest BCUT2D eigenvalue weighted by Crippen LogP contribution is 2.48. The van der Waals surface area contributed by atoms with Crippen LogP contribution in [0.5, 0.6) is 0 Å². The van der Waals surface area contributed by atoms with Gasteiger partial charge in [-0.05, 0) is 37.5 Å². The Morgan fingerprint density at radius 3 is 2.62 bits per heavy atom. The van der Waals surface area contributed by atoms with Crippen molar-refractivity contribution in [3.63, 3.8) is 0 Å². The molecule has 2 amide bonds. The number of ether oxygens (including phenoxy) is 1. The highest BCUT2D eigenvalue weighted by molar-refractivity contribution is 5.76. The van der Waals surface area contributed by atoms with Gasteiger partial charge in [-0.15, -0.1) is 0 Å². The first kappa shape index (κ1) is 16.1. The summed E-state index contributed by atoms with van der Waals surface area (Å²) in [6, 6.07) is -0.484. The van der Waals surface area contributed by atoms with E-state index in [1.807, 2.05) is 0 Å². The second-order valence-electron chi connectivity index (χ2n) is 6.41. The summed E-state index contributed by atoms with van der Waals surface area (Å²) in [5.41, 5.74) is 0.201. The summed E-state index contributed by atoms with van der Waals surface area (Å²) in [4.78, 5) is 23.2. The number of nitrogens with one attached hydrogen (secondary N) is 2. The van der Waals surface area contributed by atoms with E-state index < -0.39 is 11.9 Å². The molecule has 120 valence electrons. The Labute approximate surface area is 125 Å². The highest BCUT2D eigenvalue weighted by atomic mass is 16.5. The van der Waals surface area contributed by atoms with E-state index in [1.54, 1.807) is 7.11 Å². The van der Waals surface area contributed by atoms with Gasteiger partial charge in [-0.25, -0.2) is 4.79 Å². The third-order valence-corrected chi connectivity index (χ3v) is 4.82. The van der Waals surface area contributed by atoms with Crippen LogP contribution in [0.2, 0.25) is 0 Å². The molecule has 2 atom stereocenters. The first-order valence-corrected chi connectivity index (χ1v) is 7.82. The summed E-state index contributed by atoms with van der Waals surface area (Å²) in [6.07, 6.45) is 6.52. The molecule has 6 heteroatoms. The van der Waals surface area contributed by atoms with E-state index in [-0.39, 0.29) is 17.5 Å². The number of carboxylic acid groups (broad SMARTS) is 1. The van der Waals surface area contributed by atoms with Gasteiger partial charge >= 0.3 is 12.0 Å². The number of carbonyl (C=O) groups excluding carboxylic acids is 1. The summed E-state index contributed by atoms with van der Waals surface area (Å²) in [6.45, 7) is 1.36. The Hall–Kier alpha value is -1.30.